The molecule has 0 atom stereocenters. The number of hydrogen-bond acceptors (Lipinski definition) is 11. The van der Waals surface area contributed by atoms with Gasteiger partial charge in [0, 0.05) is 103 Å². The molecule has 0 spiro atoms. The van der Waals surface area contributed by atoms with Crippen molar-refractivity contribution in [3.63, 3.8) is 0 Å². The Bertz CT molecular complexity index is 2200. The Morgan fingerprint density at radius 2 is 0.970 bits per heavy atom. The molecule has 0 bridgehead atoms. The SMILES string of the molecule is C.COc1ccc(CN2CCN(C(=O)CCCC(=O)c3ccc(F)cc3F)CC2)cc1OC.COc1ccc(CN2CCNCC2)cc1OC.O=C(O)CCCC(=O)c1ccc(F)cc1F. The number of Topliss-reactive ketones (excluding diaryl/α,β-unsaturated/α-hetero) is 2. The van der Waals surface area contributed by atoms with Crippen molar-refractivity contribution >= 4 is 23.4 Å². The summed E-state index contributed by atoms with van der Waals surface area (Å²) >= 11 is 0. The van der Waals surface area contributed by atoms with E-state index in [0.29, 0.717) is 43.1 Å². The largest absolute Gasteiger partial charge is 0.493 e. The van der Waals surface area contributed by atoms with Crippen LogP contribution in [-0.2, 0) is 22.7 Å². The molecule has 0 aromatic heterocycles. The lowest BCUT2D eigenvalue weighted by atomic mass is 10.0. The van der Waals surface area contributed by atoms with Gasteiger partial charge in [0.15, 0.2) is 34.6 Å². The lowest BCUT2D eigenvalue weighted by Crippen LogP contribution is -2.48. The van der Waals surface area contributed by atoms with E-state index < -0.39 is 40.8 Å². The van der Waals surface area contributed by atoms with Crippen LogP contribution >= 0.6 is 0 Å². The van der Waals surface area contributed by atoms with Crippen LogP contribution in [0.25, 0.3) is 0 Å². The van der Waals surface area contributed by atoms with Crippen LogP contribution in [-0.4, -0.2) is 124 Å². The third-order valence-electron chi connectivity index (χ3n) is 10.7. The summed E-state index contributed by atoms with van der Waals surface area (Å²) in [4.78, 5) is 52.7. The highest BCUT2D eigenvalue weighted by Crippen LogP contribution is 2.29. The van der Waals surface area contributed by atoms with Gasteiger partial charge in [-0.3, -0.25) is 29.0 Å². The van der Waals surface area contributed by atoms with Crippen molar-refractivity contribution in [2.75, 3.05) is 80.8 Å². The number of carboxylic acid groups (broad SMARTS) is 1. The van der Waals surface area contributed by atoms with Crippen LogP contribution in [0.1, 0.15) is 77.8 Å². The van der Waals surface area contributed by atoms with Crippen molar-refractivity contribution in [3.8, 4) is 23.0 Å². The predicted molar refractivity (Wildman–Crippen MR) is 243 cm³/mol. The number of methoxy groups -OCH3 is 4. The van der Waals surface area contributed by atoms with Crippen LogP contribution in [0.4, 0.5) is 17.6 Å². The predicted octanol–water partition coefficient (Wildman–Crippen LogP) is 7.83. The average Bonchev–Trinajstić information content (AvgIpc) is 3.29. The van der Waals surface area contributed by atoms with E-state index in [4.69, 9.17) is 24.1 Å². The van der Waals surface area contributed by atoms with E-state index in [1.807, 2.05) is 24.3 Å². The summed E-state index contributed by atoms with van der Waals surface area (Å²) in [7, 11) is 6.54. The Balaban J connectivity index is 0.000000287. The molecule has 2 aliphatic heterocycles. The van der Waals surface area contributed by atoms with E-state index in [0.717, 1.165) is 93.7 Å². The lowest BCUT2D eigenvalue weighted by molar-refractivity contribution is -0.137. The Morgan fingerprint density at radius 3 is 1.38 bits per heavy atom. The molecule has 2 heterocycles. The number of aliphatic carboxylic acids is 1. The van der Waals surface area contributed by atoms with Crippen molar-refractivity contribution in [1.29, 1.82) is 0 Å². The summed E-state index contributed by atoms with van der Waals surface area (Å²) in [6.07, 6.45) is 0.548. The number of ether oxygens (including phenoxy) is 4. The highest BCUT2D eigenvalue weighted by molar-refractivity contribution is 5.97. The number of ketones is 2. The molecule has 2 N–H and O–H groups in total. The molecule has 17 heteroatoms. The number of carbonyl (C=O) groups is 4. The third-order valence-corrected chi connectivity index (χ3v) is 10.7. The van der Waals surface area contributed by atoms with Crippen molar-refractivity contribution in [1.82, 2.24) is 20.0 Å². The molecule has 2 fully saturated rings. The normalized spacial score (nSPS) is 13.7. The van der Waals surface area contributed by atoms with Crippen molar-refractivity contribution < 1.29 is 60.8 Å². The van der Waals surface area contributed by atoms with E-state index in [9.17, 15) is 36.7 Å². The van der Waals surface area contributed by atoms with Crippen molar-refractivity contribution in [2.24, 2.45) is 0 Å². The second-order valence-electron chi connectivity index (χ2n) is 15.3. The van der Waals surface area contributed by atoms with Gasteiger partial charge in [0.1, 0.15) is 23.3 Å². The Labute approximate surface area is 384 Å². The summed E-state index contributed by atoms with van der Waals surface area (Å²) in [6, 6.07) is 17.5. The van der Waals surface area contributed by atoms with Gasteiger partial charge < -0.3 is 34.3 Å². The second-order valence-corrected chi connectivity index (χ2v) is 15.3. The summed E-state index contributed by atoms with van der Waals surface area (Å²) in [5, 5.41) is 11.7. The number of halogens is 4. The van der Waals surface area contributed by atoms with Crippen LogP contribution in [0.2, 0.25) is 0 Å². The minimum Gasteiger partial charge on any atom is -0.493 e. The quantitative estimate of drug-likeness (QED) is 0.0741. The first kappa shape index (κ1) is 54.3. The zero-order valence-electron chi connectivity index (χ0n) is 37.3. The van der Waals surface area contributed by atoms with Crippen molar-refractivity contribution in [3.05, 3.63) is 118 Å². The Morgan fingerprint density at radius 1 is 0.545 bits per heavy atom. The van der Waals surface area contributed by atoms with E-state index in [2.05, 4.69) is 27.2 Å². The van der Waals surface area contributed by atoms with Crippen LogP contribution in [0.5, 0.6) is 23.0 Å². The first-order valence-corrected chi connectivity index (χ1v) is 21.3. The lowest BCUT2D eigenvalue weighted by Gasteiger charge is -2.35. The molecule has 66 heavy (non-hydrogen) atoms. The van der Waals surface area contributed by atoms with Gasteiger partial charge in [0.05, 0.1) is 39.6 Å². The molecule has 0 aliphatic carbocycles. The highest BCUT2D eigenvalue weighted by Gasteiger charge is 2.22. The standard InChI is InChI=1S/C24H28F2N2O4.C13H20N2O2.C11H10F2O3.CH4/c1-31-22-9-6-17(14-23(22)32-2)16-27-10-12-28(13-11-27)24(30)5-3-4-21(29)19-8-7-18(25)15-20(19)26;1-16-12-4-3-11(9-13(12)17-2)10-15-7-5-14-6-8-15;12-7-4-5-8(9(13)6-7)10(14)2-1-3-11(15)16;/h6-9,14-15H,3-5,10-13,16H2,1-2H3;3-4,9,14H,5-8,10H2,1-2H3;4-6H,1-3H2,(H,15,16);1H4. The molecule has 6 rings (SSSR count). The van der Waals surface area contributed by atoms with Crippen molar-refractivity contribution in [2.45, 2.75) is 59.0 Å². The summed E-state index contributed by atoms with van der Waals surface area (Å²) in [5.41, 5.74) is 2.04. The average molecular weight is 927 g/mol. The number of nitrogens with one attached hydrogen (secondary N) is 1. The maximum absolute atomic E-state index is 13.7. The summed E-state index contributed by atoms with van der Waals surface area (Å²) < 4.78 is 73.5. The number of nitrogens with zero attached hydrogens (tertiary/aromatic N) is 3. The first-order valence-electron chi connectivity index (χ1n) is 21.3. The van der Waals surface area contributed by atoms with E-state index >= 15 is 0 Å². The molecule has 2 aliphatic rings. The van der Waals surface area contributed by atoms with Crippen LogP contribution in [0.15, 0.2) is 72.8 Å². The topological polar surface area (TPSA) is 147 Å². The van der Waals surface area contributed by atoms with Gasteiger partial charge in [0.2, 0.25) is 5.91 Å². The van der Waals surface area contributed by atoms with Gasteiger partial charge in [-0.05, 0) is 72.5 Å². The fourth-order valence-corrected chi connectivity index (χ4v) is 7.16. The van der Waals surface area contributed by atoms with Gasteiger partial charge in [-0.15, -0.1) is 0 Å². The first-order chi connectivity index (χ1) is 31.2. The van der Waals surface area contributed by atoms with Gasteiger partial charge in [-0.25, -0.2) is 17.6 Å². The summed E-state index contributed by atoms with van der Waals surface area (Å²) in [5.74, 6) is -2.24. The molecule has 4 aromatic rings. The molecular weight excluding hydrogens is 865 g/mol. The molecule has 2 saturated heterocycles. The summed E-state index contributed by atoms with van der Waals surface area (Å²) in [6.45, 7) is 8.82. The second kappa shape index (κ2) is 28.1. The van der Waals surface area contributed by atoms with E-state index in [1.54, 1.807) is 33.3 Å². The van der Waals surface area contributed by atoms with Gasteiger partial charge in [-0.1, -0.05) is 19.6 Å². The number of rotatable bonds is 18. The molecule has 0 unspecified atom stereocenters. The minimum atomic E-state index is -1.01. The monoisotopic (exact) mass is 926 g/mol. The molecule has 1 amide bonds. The smallest absolute Gasteiger partial charge is 0.303 e. The van der Waals surface area contributed by atoms with Crippen LogP contribution in [0, 0.1) is 23.3 Å². The minimum absolute atomic E-state index is 0. The Hall–Kier alpha value is -6.04. The number of amides is 1. The fraction of sp³-hybridized carbons (Fsp3) is 0.429. The molecule has 0 saturated carbocycles. The Kier molecular flexibility index (Phi) is 23.1. The number of hydrogen-bond donors (Lipinski definition) is 2. The molecule has 13 nitrogen and oxygen atoms in total. The fourth-order valence-electron chi connectivity index (χ4n) is 7.16. The van der Waals surface area contributed by atoms with Crippen LogP contribution in [0.3, 0.4) is 0 Å². The number of carboxylic acids is 1. The number of carbonyl (C=O) groups excluding carboxylic acids is 3. The maximum atomic E-state index is 13.7. The third kappa shape index (κ3) is 17.4. The number of benzene rings is 4. The van der Waals surface area contributed by atoms with Gasteiger partial charge in [0.25, 0.3) is 0 Å². The van der Waals surface area contributed by atoms with E-state index in [-0.39, 0.29) is 56.6 Å². The van der Waals surface area contributed by atoms with Crippen LogP contribution < -0.4 is 24.3 Å². The number of piperazine rings is 2. The van der Waals surface area contributed by atoms with E-state index in [1.165, 1.54) is 5.56 Å². The molecular formula is C49H62F4N4O9. The maximum Gasteiger partial charge on any atom is 0.303 e. The van der Waals surface area contributed by atoms with Gasteiger partial charge >= 0.3 is 5.97 Å². The molecule has 360 valence electrons. The molecule has 0 radical (unpaired) electrons. The highest BCUT2D eigenvalue weighted by atomic mass is 19.1. The van der Waals surface area contributed by atoms with Gasteiger partial charge in [-0.2, -0.15) is 0 Å². The zero-order valence-corrected chi connectivity index (χ0v) is 37.3. The molecule has 4 aromatic carbocycles. The zero-order chi connectivity index (χ0) is 47.3.